The highest BCUT2D eigenvalue weighted by molar-refractivity contribution is 6.30. The van der Waals surface area contributed by atoms with Gasteiger partial charge in [-0.3, -0.25) is 9.59 Å². The monoisotopic (exact) mass is 360 g/mol. The largest absolute Gasteiger partial charge is 0.368 e. The minimum atomic E-state index is -0.194. The lowest BCUT2D eigenvalue weighted by Gasteiger charge is -2.36. The number of benzene rings is 1. The van der Waals surface area contributed by atoms with Gasteiger partial charge in [0.15, 0.2) is 0 Å². The fourth-order valence-electron chi connectivity index (χ4n) is 3.03. The van der Waals surface area contributed by atoms with Crippen LogP contribution in [0.15, 0.2) is 35.1 Å². The van der Waals surface area contributed by atoms with Gasteiger partial charge in [0.1, 0.15) is 5.69 Å². The molecule has 6 nitrogen and oxygen atoms in total. The highest BCUT2D eigenvalue weighted by Crippen LogP contribution is 2.25. The Morgan fingerprint density at radius 2 is 1.88 bits per heavy atom. The highest BCUT2D eigenvalue weighted by atomic mass is 35.5. The molecule has 1 saturated heterocycles. The molecule has 0 N–H and O–H groups in total. The third-order valence-corrected chi connectivity index (χ3v) is 4.70. The second kappa shape index (κ2) is 7.27. The van der Waals surface area contributed by atoms with Crippen molar-refractivity contribution in [2.24, 2.45) is 0 Å². The van der Waals surface area contributed by atoms with E-state index >= 15 is 0 Å². The molecule has 0 saturated carbocycles. The molecule has 0 atom stereocenters. The molecule has 132 valence electrons. The maximum absolute atomic E-state index is 12.7. The van der Waals surface area contributed by atoms with Gasteiger partial charge in [-0.2, -0.15) is 5.10 Å². The molecule has 0 spiro atoms. The number of anilines is 1. The number of piperazine rings is 1. The number of amides is 1. The van der Waals surface area contributed by atoms with E-state index in [1.165, 1.54) is 22.4 Å². The molecule has 3 rings (SSSR count). The van der Waals surface area contributed by atoms with Crippen molar-refractivity contribution in [3.63, 3.8) is 0 Å². The van der Waals surface area contributed by atoms with E-state index in [2.05, 4.69) is 16.9 Å². The topological polar surface area (TPSA) is 58.4 Å². The molecule has 1 aromatic carbocycles. The maximum Gasteiger partial charge on any atom is 0.274 e. The first-order valence-corrected chi connectivity index (χ1v) is 8.76. The number of aryl methyl sites for hydroxylation is 2. The van der Waals surface area contributed by atoms with Crippen molar-refractivity contribution in [2.45, 2.75) is 20.4 Å². The number of nitrogens with zero attached hydrogens (tertiary/aromatic N) is 4. The van der Waals surface area contributed by atoms with Gasteiger partial charge in [-0.15, -0.1) is 0 Å². The van der Waals surface area contributed by atoms with Crippen LogP contribution in [0.25, 0.3) is 0 Å². The van der Waals surface area contributed by atoms with Crippen molar-refractivity contribution < 1.29 is 4.79 Å². The number of rotatable bonds is 3. The third kappa shape index (κ3) is 3.69. The molecule has 1 amide bonds. The number of halogens is 1. The van der Waals surface area contributed by atoms with Crippen LogP contribution in [0.2, 0.25) is 5.02 Å². The van der Waals surface area contributed by atoms with E-state index in [1.807, 2.05) is 25.1 Å². The van der Waals surface area contributed by atoms with E-state index in [0.29, 0.717) is 30.4 Å². The Bertz CT molecular complexity index is 841. The molecule has 1 fully saturated rings. The number of aromatic nitrogens is 2. The Morgan fingerprint density at radius 1 is 1.16 bits per heavy atom. The lowest BCUT2D eigenvalue weighted by Crippen LogP contribution is -2.49. The van der Waals surface area contributed by atoms with Crippen molar-refractivity contribution in [3.05, 3.63) is 57.0 Å². The first-order valence-electron chi connectivity index (χ1n) is 8.38. The average molecular weight is 361 g/mol. The first-order chi connectivity index (χ1) is 12.0. The SMILES string of the molecule is CCn1nc(C(=O)N2CCN(c3cc(Cl)ccc3C)CC2)ccc1=O. The average Bonchev–Trinajstić information content (AvgIpc) is 2.64. The third-order valence-electron chi connectivity index (χ3n) is 4.46. The second-order valence-corrected chi connectivity index (χ2v) is 6.52. The number of carbonyl (C=O) groups is 1. The Hall–Kier alpha value is -2.34. The fraction of sp³-hybridized carbons (Fsp3) is 0.389. The Balaban J connectivity index is 1.70. The van der Waals surface area contributed by atoms with Gasteiger partial charge in [0.2, 0.25) is 0 Å². The predicted molar refractivity (Wildman–Crippen MR) is 98.5 cm³/mol. The van der Waals surface area contributed by atoms with Gasteiger partial charge in [-0.25, -0.2) is 4.68 Å². The summed E-state index contributed by atoms with van der Waals surface area (Å²) in [5.41, 5.74) is 2.40. The van der Waals surface area contributed by atoms with Crippen LogP contribution in [0.4, 0.5) is 5.69 Å². The van der Waals surface area contributed by atoms with Gasteiger partial charge in [-0.1, -0.05) is 17.7 Å². The molecule has 0 aliphatic carbocycles. The molecular weight excluding hydrogens is 340 g/mol. The summed E-state index contributed by atoms with van der Waals surface area (Å²) in [6.07, 6.45) is 0. The zero-order chi connectivity index (χ0) is 18.0. The van der Waals surface area contributed by atoms with Gasteiger partial charge in [0.05, 0.1) is 0 Å². The molecular formula is C18H21ClN4O2. The Kier molecular flexibility index (Phi) is 5.08. The van der Waals surface area contributed by atoms with E-state index in [4.69, 9.17) is 11.6 Å². The summed E-state index contributed by atoms with van der Waals surface area (Å²) in [5.74, 6) is -0.135. The van der Waals surface area contributed by atoms with Gasteiger partial charge in [-0.05, 0) is 37.6 Å². The van der Waals surface area contributed by atoms with Gasteiger partial charge in [0, 0.05) is 49.5 Å². The summed E-state index contributed by atoms with van der Waals surface area (Å²) in [7, 11) is 0. The number of hydrogen-bond donors (Lipinski definition) is 0. The summed E-state index contributed by atoms with van der Waals surface area (Å²) in [6, 6.07) is 8.76. The Morgan fingerprint density at radius 3 is 2.56 bits per heavy atom. The number of carbonyl (C=O) groups excluding carboxylic acids is 1. The highest BCUT2D eigenvalue weighted by Gasteiger charge is 2.24. The summed E-state index contributed by atoms with van der Waals surface area (Å²) >= 11 is 6.11. The van der Waals surface area contributed by atoms with Crippen molar-refractivity contribution in [1.82, 2.24) is 14.7 Å². The lowest BCUT2D eigenvalue weighted by atomic mass is 10.1. The van der Waals surface area contributed by atoms with Gasteiger partial charge in [0.25, 0.3) is 11.5 Å². The quantitative estimate of drug-likeness (QED) is 0.841. The smallest absolute Gasteiger partial charge is 0.274 e. The van der Waals surface area contributed by atoms with E-state index in [0.717, 1.165) is 18.8 Å². The zero-order valence-corrected chi connectivity index (χ0v) is 15.2. The van der Waals surface area contributed by atoms with Crippen LogP contribution in [-0.4, -0.2) is 46.8 Å². The molecule has 1 aromatic heterocycles. The lowest BCUT2D eigenvalue weighted by molar-refractivity contribution is 0.0738. The fourth-order valence-corrected chi connectivity index (χ4v) is 3.19. The number of hydrogen-bond acceptors (Lipinski definition) is 4. The second-order valence-electron chi connectivity index (χ2n) is 6.08. The molecule has 0 unspecified atom stereocenters. The van der Waals surface area contributed by atoms with Crippen LogP contribution < -0.4 is 10.5 Å². The molecule has 25 heavy (non-hydrogen) atoms. The van der Waals surface area contributed by atoms with E-state index in [9.17, 15) is 9.59 Å². The van der Waals surface area contributed by atoms with Crippen molar-refractivity contribution in [1.29, 1.82) is 0 Å². The molecule has 1 aliphatic heterocycles. The van der Waals surface area contributed by atoms with Crippen LogP contribution in [-0.2, 0) is 6.54 Å². The van der Waals surface area contributed by atoms with Gasteiger partial charge < -0.3 is 9.80 Å². The molecule has 0 radical (unpaired) electrons. The molecule has 7 heteroatoms. The minimum Gasteiger partial charge on any atom is -0.368 e. The molecule has 2 aromatic rings. The Labute approximate surface area is 151 Å². The van der Waals surface area contributed by atoms with Crippen LogP contribution in [0.5, 0.6) is 0 Å². The molecule has 0 bridgehead atoms. The molecule has 1 aliphatic rings. The standard InChI is InChI=1S/C18H21ClN4O2/c1-3-23-17(24)7-6-15(20-23)18(25)22-10-8-21(9-11-22)16-12-14(19)5-4-13(16)2/h4-7,12H,3,8-11H2,1-2H3. The summed E-state index contributed by atoms with van der Waals surface area (Å²) < 4.78 is 1.30. The van der Waals surface area contributed by atoms with Crippen LogP contribution in [0.1, 0.15) is 23.0 Å². The summed E-state index contributed by atoms with van der Waals surface area (Å²) in [4.78, 5) is 28.3. The zero-order valence-electron chi connectivity index (χ0n) is 14.4. The van der Waals surface area contributed by atoms with Crippen LogP contribution >= 0.6 is 11.6 Å². The maximum atomic E-state index is 12.7. The van der Waals surface area contributed by atoms with E-state index < -0.39 is 0 Å². The summed E-state index contributed by atoms with van der Waals surface area (Å²) in [6.45, 7) is 7.02. The first kappa shape index (κ1) is 17.5. The van der Waals surface area contributed by atoms with Crippen molar-refractivity contribution in [3.8, 4) is 0 Å². The van der Waals surface area contributed by atoms with Crippen molar-refractivity contribution in [2.75, 3.05) is 31.1 Å². The molecule has 2 heterocycles. The normalized spacial score (nSPS) is 14.7. The minimum absolute atomic E-state index is 0.135. The predicted octanol–water partition coefficient (Wildman–Crippen LogP) is 2.19. The van der Waals surface area contributed by atoms with E-state index in [-0.39, 0.29) is 11.5 Å². The van der Waals surface area contributed by atoms with Crippen LogP contribution in [0, 0.1) is 6.92 Å². The van der Waals surface area contributed by atoms with Gasteiger partial charge >= 0.3 is 0 Å². The van der Waals surface area contributed by atoms with Crippen LogP contribution in [0.3, 0.4) is 0 Å². The summed E-state index contributed by atoms with van der Waals surface area (Å²) in [5, 5.41) is 4.86. The van der Waals surface area contributed by atoms with Crippen molar-refractivity contribution >= 4 is 23.2 Å². The van der Waals surface area contributed by atoms with E-state index in [1.54, 1.807) is 4.90 Å².